The maximum Gasteiger partial charge on any atom is 0.238 e. The van der Waals surface area contributed by atoms with Gasteiger partial charge in [-0.1, -0.05) is 12.1 Å². The van der Waals surface area contributed by atoms with Crippen molar-refractivity contribution in [1.82, 2.24) is 0 Å². The van der Waals surface area contributed by atoms with Gasteiger partial charge in [-0.05, 0) is 37.0 Å². The summed E-state index contributed by atoms with van der Waals surface area (Å²) in [6.45, 7) is 0. The summed E-state index contributed by atoms with van der Waals surface area (Å²) in [7, 11) is 1.85. The Bertz CT molecular complexity index is 463. The van der Waals surface area contributed by atoms with Crippen LogP contribution < -0.4 is 0 Å². The standard InChI is InChI=1S/C10H10ClFO2S/c11-15(13,14)10(5-6-10)7-8-1-3-9(12)4-2-8/h1-4H,5-7H2. The Morgan fingerprint density at radius 2 is 1.80 bits per heavy atom. The molecule has 0 heterocycles. The van der Waals surface area contributed by atoms with Gasteiger partial charge < -0.3 is 0 Å². The van der Waals surface area contributed by atoms with E-state index in [-0.39, 0.29) is 5.82 Å². The lowest BCUT2D eigenvalue weighted by Crippen LogP contribution is -2.20. The second-order valence-corrected chi connectivity index (χ2v) is 6.88. The summed E-state index contributed by atoms with van der Waals surface area (Å²) in [4.78, 5) is 0. The van der Waals surface area contributed by atoms with Gasteiger partial charge in [0.15, 0.2) is 0 Å². The summed E-state index contributed by atoms with van der Waals surface area (Å²) in [5.41, 5.74) is 0.804. The normalized spacial score (nSPS) is 18.8. The zero-order chi connectivity index (χ0) is 11.1. The van der Waals surface area contributed by atoms with Crippen LogP contribution in [-0.2, 0) is 15.5 Å². The first-order valence-corrected chi connectivity index (χ1v) is 6.93. The molecule has 0 saturated heterocycles. The fourth-order valence-electron chi connectivity index (χ4n) is 1.62. The second kappa shape index (κ2) is 3.46. The molecule has 2 nitrogen and oxygen atoms in total. The fraction of sp³-hybridized carbons (Fsp3) is 0.400. The van der Waals surface area contributed by atoms with Gasteiger partial charge >= 0.3 is 0 Å². The van der Waals surface area contributed by atoms with E-state index in [4.69, 9.17) is 10.7 Å². The van der Waals surface area contributed by atoms with Crippen LogP contribution >= 0.6 is 10.7 Å². The predicted molar refractivity (Wildman–Crippen MR) is 56.8 cm³/mol. The third-order valence-electron chi connectivity index (χ3n) is 2.76. The molecule has 0 N–H and O–H groups in total. The molecule has 82 valence electrons. The maximum absolute atomic E-state index is 12.6. The van der Waals surface area contributed by atoms with Gasteiger partial charge in [0.25, 0.3) is 0 Å². The van der Waals surface area contributed by atoms with Crippen molar-refractivity contribution in [2.45, 2.75) is 24.0 Å². The van der Waals surface area contributed by atoms with Gasteiger partial charge in [0.2, 0.25) is 9.05 Å². The molecule has 5 heteroatoms. The first-order valence-electron chi connectivity index (χ1n) is 4.62. The van der Waals surface area contributed by atoms with Crippen LogP contribution in [0.4, 0.5) is 4.39 Å². The highest BCUT2D eigenvalue weighted by Crippen LogP contribution is 2.48. The van der Waals surface area contributed by atoms with E-state index in [1.165, 1.54) is 12.1 Å². The molecule has 1 aliphatic rings. The van der Waals surface area contributed by atoms with Crippen molar-refractivity contribution in [2.24, 2.45) is 0 Å². The lowest BCUT2D eigenvalue weighted by atomic mass is 10.1. The minimum atomic E-state index is -3.52. The van der Waals surface area contributed by atoms with E-state index in [9.17, 15) is 12.8 Å². The molecule has 2 rings (SSSR count). The second-order valence-electron chi connectivity index (χ2n) is 3.92. The van der Waals surface area contributed by atoms with Crippen molar-refractivity contribution < 1.29 is 12.8 Å². The summed E-state index contributed by atoms with van der Waals surface area (Å²) in [6, 6.07) is 5.84. The highest BCUT2D eigenvalue weighted by atomic mass is 35.7. The van der Waals surface area contributed by atoms with E-state index >= 15 is 0 Å². The molecule has 0 spiro atoms. The summed E-state index contributed by atoms with van der Waals surface area (Å²) in [5, 5.41) is 0. The molecular formula is C10H10ClFO2S. The number of halogens is 2. The number of rotatable bonds is 3. The quantitative estimate of drug-likeness (QED) is 0.770. The summed E-state index contributed by atoms with van der Waals surface area (Å²) >= 11 is 0. The molecule has 1 aromatic carbocycles. The molecule has 0 unspecified atom stereocenters. The van der Waals surface area contributed by atoms with E-state index in [1.54, 1.807) is 12.1 Å². The minimum absolute atomic E-state index is 0.322. The topological polar surface area (TPSA) is 34.1 Å². The molecule has 15 heavy (non-hydrogen) atoms. The van der Waals surface area contributed by atoms with E-state index in [2.05, 4.69) is 0 Å². The first-order chi connectivity index (χ1) is 6.93. The highest BCUT2D eigenvalue weighted by Gasteiger charge is 2.53. The molecule has 1 aliphatic carbocycles. The largest absolute Gasteiger partial charge is 0.238 e. The number of benzene rings is 1. The van der Waals surface area contributed by atoms with Crippen molar-refractivity contribution in [3.8, 4) is 0 Å². The number of hydrogen-bond acceptors (Lipinski definition) is 2. The van der Waals surface area contributed by atoms with Crippen LogP contribution in [-0.4, -0.2) is 13.2 Å². The fourth-order valence-corrected chi connectivity index (χ4v) is 3.18. The Hall–Kier alpha value is -0.610. The molecule has 0 aromatic heterocycles. The van der Waals surface area contributed by atoms with Crippen LogP contribution in [0.5, 0.6) is 0 Å². The predicted octanol–water partition coefficient (Wildman–Crippen LogP) is 2.47. The smallest absolute Gasteiger partial charge is 0.212 e. The molecule has 1 fully saturated rings. The van der Waals surface area contributed by atoms with Crippen LogP contribution in [0.2, 0.25) is 0 Å². The molecule has 0 bridgehead atoms. The van der Waals surface area contributed by atoms with Gasteiger partial charge in [-0.15, -0.1) is 0 Å². The Balaban J connectivity index is 2.20. The lowest BCUT2D eigenvalue weighted by Gasteiger charge is -2.10. The van der Waals surface area contributed by atoms with Crippen molar-refractivity contribution in [1.29, 1.82) is 0 Å². The van der Waals surface area contributed by atoms with Gasteiger partial charge in [-0.2, -0.15) is 0 Å². The zero-order valence-corrected chi connectivity index (χ0v) is 9.48. The average Bonchev–Trinajstić information content (AvgIpc) is 2.89. The molecular weight excluding hydrogens is 239 g/mol. The highest BCUT2D eigenvalue weighted by molar-refractivity contribution is 8.15. The number of hydrogen-bond donors (Lipinski definition) is 0. The molecule has 0 aliphatic heterocycles. The van der Waals surface area contributed by atoms with Crippen molar-refractivity contribution in [3.05, 3.63) is 35.6 Å². The Kier molecular flexibility index (Phi) is 2.51. The zero-order valence-electron chi connectivity index (χ0n) is 7.91. The van der Waals surface area contributed by atoms with Crippen LogP contribution in [0.25, 0.3) is 0 Å². The van der Waals surface area contributed by atoms with Crippen LogP contribution in [0.3, 0.4) is 0 Å². The third-order valence-corrected chi connectivity index (χ3v) is 5.33. The van der Waals surface area contributed by atoms with Crippen LogP contribution in [0.15, 0.2) is 24.3 Å². The van der Waals surface area contributed by atoms with Gasteiger partial charge in [-0.3, -0.25) is 0 Å². The van der Waals surface area contributed by atoms with E-state index in [0.29, 0.717) is 19.3 Å². The summed E-state index contributed by atoms with van der Waals surface area (Å²) < 4.78 is 34.4. The Morgan fingerprint density at radius 3 is 2.20 bits per heavy atom. The molecule has 1 saturated carbocycles. The SMILES string of the molecule is O=S(=O)(Cl)C1(Cc2ccc(F)cc2)CC1. The van der Waals surface area contributed by atoms with Crippen molar-refractivity contribution in [2.75, 3.05) is 0 Å². The van der Waals surface area contributed by atoms with Gasteiger partial charge in [0.1, 0.15) is 5.82 Å². The summed E-state index contributed by atoms with van der Waals surface area (Å²) in [6.07, 6.45) is 1.56. The molecule has 0 atom stereocenters. The van der Waals surface area contributed by atoms with Crippen LogP contribution in [0, 0.1) is 5.82 Å². The molecule has 0 radical (unpaired) electrons. The minimum Gasteiger partial charge on any atom is -0.212 e. The molecule has 0 amide bonds. The third kappa shape index (κ3) is 2.16. The maximum atomic E-state index is 12.6. The van der Waals surface area contributed by atoms with Gasteiger partial charge in [0.05, 0.1) is 4.75 Å². The monoisotopic (exact) mass is 248 g/mol. The Labute approximate surface area is 92.5 Å². The lowest BCUT2D eigenvalue weighted by molar-refractivity contribution is 0.590. The first kappa shape index (κ1) is 10.9. The molecule has 1 aromatic rings. The van der Waals surface area contributed by atoms with Crippen molar-refractivity contribution in [3.63, 3.8) is 0 Å². The Morgan fingerprint density at radius 1 is 1.27 bits per heavy atom. The van der Waals surface area contributed by atoms with E-state index < -0.39 is 13.8 Å². The van der Waals surface area contributed by atoms with E-state index in [1.807, 2.05) is 0 Å². The summed E-state index contributed by atoms with van der Waals surface area (Å²) in [5.74, 6) is -0.322. The van der Waals surface area contributed by atoms with Gasteiger partial charge in [0, 0.05) is 10.7 Å². The van der Waals surface area contributed by atoms with Crippen LogP contribution in [0.1, 0.15) is 18.4 Å². The van der Waals surface area contributed by atoms with E-state index in [0.717, 1.165) is 5.56 Å². The van der Waals surface area contributed by atoms with Crippen molar-refractivity contribution >= 4 is 19.7 Å². The average molecular weight is 249 g/mol. The van der Waals surface area contributed by atoms with Gasteiger partial charge in [-0.25, -0.2) is 12.8 Å².